The van der Waals surface area contributed by atoms with Crippen molar-refractivity contribution in [2.24, 2.45) is 0 Å². The molecule has 1 aliphatic heterocycles. The fraction of sp³-hybridized carbons (Fsp3) is 0.571. The highest BCUT2D eigenvalue weighted by atomic mass is 16.5. The molecule has 3 heteroatoms. The molecule has 2 unspecified atom stereocenters. The zero-order chi connectivity index (χ0) is 12.1. The Hall–Kier alpha value is -0.900. The number of nitrogens with one attached hydrogen (secondary N) is 1. The first-order valence-electron chi connectivity index (χ1n) is 6.23. The molecule has 0 aliphatic carbocycles. The molecule has 0 aromatic heterocycles. The van der Waals surface area contributed by atoms with Crippen LogP contribution in [0.2, 0.25) is 0 Å². The molecule has 1 heterocycles. The van der Waals surface area contributed by atoms with Gasteiger partial charge in [-0.1, -0.05) is 24.3 Å². The standard InChI is InChI=1S/C14H21NO2/c1-11-5-3-4-6-13(11)14(15-2)10-17-12-7-8-16-9-12/h3-6,12,14-15H,7-10H2,1-2H3. The second kappa shape index (κ2) is 6.15. The molecule has 0 amide bonds. The Labute approximate surface area is 103 Å². The molecule has 0 spiro atoms. The molecule has 3 nitrogen and oxygen atoms in total. The summed E-state index contributed by atoms with van der Waals surface area (Å²) in [5.74, 6) is 0. The van der Waals surface area contributed by atoms with Crippen LogP contribution >= 0.6 is 0 Å². The van der Waals surface area contributed by atoms with Gasteiger partial charge < -0.3 is 14.8 Å². The van der Waals surface area contributed by atoms with E-state index in [4.69, 9.17) is 9.47 Å². The van der Waals surface area contributed by atoms with Crippen LogP contribution in [0.4, 0.5) is 0 Å². The molecule has 1 N–H and O–H groups in total. The van der Waals surface area contributed by atoms with Crippen LogP contribution in [0, 0.1) is 6.92 Å². The van der Waals surface area contributed by atoms with Crippen molar-refractivity contribution in [3.63, 3.8) is 0 Å². The number of aryl methyl sites for hydroxylation is 1. The monoisotopic (exact) mass is 235 g/mol. The highest BCUT2D eigenvalue weighted by Crippen LogP contribution is 2.19. The molecule has 17 heavy (non-hydrogen) atoms. The van der Waals surface area contributed by atoms with Crippen LogP contribution in [-0.4, -0.2) is 33.0 Å². The highest BCUT2D eigenvalue weighted by Gasteiger charge is 2.19. The van der Waals surface area contributed by atoms with Gasteiger partial charge in [-0.2, -0.15) is 0 Å². The van der Waals surface area contributed by atoms with Gasteiger partial charge in [0.15, 0.2) is 0 Å². The van der Waals surface area contributed by atoms with Gasteiger partial charge in [0.2, 0.25) is 0 Å². The Morgan fingerprint density at radius 3 is 2.94 bits per heavy atom. The van der Waals surface area contributed by atoms with Gasteiger partial charge >= 0.3 is 0 Å². The van der Waals surface area contributed by atoms with Crippen LogP contribution in [0.3, 0.4) is 0 Å². The predicted octanol–water partition coefficient (Wildman–Crippen LogP) is 2.06. The lowest BCUT2D eigenvalue weighted by atomic mass is 10.0. The number of hydrogen-bond acceptors (Lipinski definition) is 3. The Morgan fingerprint density at radius 2 is 2.29 bits per heavy atom. The van der Waals surface area contributed by atoms with Crippen molar-refractivity contribution >= 4 is 0 Å². The van der Waals surface area contributed by atoms with Gasteiger partial charge in [-0.15, -0.1) is 0 Å². The lowest BCUT2D eigenvalue weighted by molar-refractivity contribution is 0.0307. The molecule has 1 saturated heterocycles. The quantitative estimate of drug-likeness (QED) is 0.847. The third-order valence-corrected chi connectivity index (χ3v) is 3.30. The van der Waals surface area contributed by atoms with E-state index in [1.165, 1.54) is 11.1 Å². The second-order valence-corrected chi connectivity index (χ2v) is 4.52. The van der Waals surface area contributed by atoms with Crippen LogP contribution < -0.4 is 5.32 Å². The molecule has 1 aromatic carbocycles. The minimum atomic E-state index is 0.261. The van der Waals surface area contributed by atoms with E-state index in [2.05, 4.69) is 36.5 Å². The molecular weight excluding hydrogens is 214 g/mol. The summed E-state index contributed by atoms with van der Waals surface area (Å²) in [6.07, 6.45) is 1.29. The van der Waals surface area contributed by atoms with Gasteiger partial charge in [-0.25, -0.2) is 0 Å². The Balaban J connectivity index is 1.94. The van der Waals surface area contributed by atoms with Gasteiger partial charge in [0.1, 0.15) is 0 Å². The first kappa shape index (κ1) is 12.6. The third kappa shape index (κ3) is 3.28. The van der Waals surface area contributed by atoms with Crippen molar-refractivity contribution < 1.29 is 9.47 Å². The van der Waals surface area contributed by atoms with E-state index in [1.807, 2.05) is 7.05 Å². The normalized spacial score (nSPS) is 21.6. The second-order valence-electron chi connectivity index (χ2n) is 4.52. The molecule has 1 aromatic rings. The van der Waals surface area contributed by atoms with Gasteiger partial charge in [0, 0.05) is 6.61 Å². The van der Waals surface area contributed by atoms with Crippen LogP contribution in [0.25, 0.3) is 0 Å². The first-order chi connectivity index (χ1) is 8.31. The summed E-state index contributed by atoms with van der Waals surface area (Å²) < 4.78 is 11.2. The van der Waals surface area contributed by atoms with Gasteiger partial charge in [0.25, 0.3) is 0 Å². The van der Waals surface area contributed by atoms with Crippen molar-refractivity contribution in [2.45, 2.75) is 25.5 Å². The zero-order valence-electron chi connectivity index (χ0n) is 10.6. The van der Waals surface area contributed by atoms with Crippen molar-refractivity contribution in [3.05, 3.63) is 35.4 Å². The van der Waals surface area contributed by atoms with E-state index in [0.717, 1.165) is 19.6 Å². The van der Waals surface area contributed by atoms with Crippen LogP contribution in [0.5, 0.6) is 0 Å². The van der Waals surface area contributed by atoms with Crippen LogP contribution in [-0.2, 0) is 9.47 Å². The summed E-state index contributed by atoms with van der Waals surface area (Å²) in [7, 11) is 1.98. The van der Waals surface area contributed by atoms with E-state index in [-0.39, 0.29) is 12.1 Å². The molecule has 2 atom stereocenters. The summed E-state index contributed by atoms with van der Waals surface area (Å²) in [5.41, 5.74) is 2.62. The maximum atomic E-state index is 5.88. The SMILES string of the molecule is CNC(COC1CCOC1)c1ccccc1C. The number of ether oxygens (including phenoxy) is 2. The minimum Gasteiger partial charge on any atom is -0.379 e. The first-order valence-corrected chi connectivity index (χ1v) is 6.23. The summed E-state index contributed by atoms with van der Waals surface area (Å²) in [5, 5.41) is 3.32. The van der Waals surface area contributed by atoms with E-state index in [9.17, 15) is 0 Å². The van der Waals surface area contributed by atoms with Gasteiger partial charge in [0.05, 0.1) is 25.4 Å². The Morgan fingerprint density at radius 1 is 1.47 bits per heavy atom. The Bertz CT molecular complexity index is 348. The lowest BCUT2D eigenvalue weighted by Crippen LogP contribution is -2.26. The van der Waals surface area contributed by atoms with Gasteiger partial charge in [-0.05, 0) is 31.5 Å². The van der Waals surface area contributed by atoms with Crippen LogP contribution in [0.15, 0.2) is 24.3 Å². The van der Waals surface area contributed by atoms with Crippen molar-refractivity contribution in [1.29, 1.82) is 0 Å². The molecule has 0 saturated carbocycles. The third-order valence-electron chi connectivity index (χ3n) is 3.30. The Kier molecular flexibility index (Phi) is 4.54. The fourth-order valence-corrected chi connectivity index (χ4v) is 2.18. The summed E-state index contributed by atoms with van der Waals surface area (Å²) >= 11 is 0. The molecule has 1 fully saturated rings. The predicted molar refractivity (Wildman–Crippen MR) is 68.2 cm³/mol. The molecule has 2 rings (SSSR count). The molecule has 0 bridgehead atoms. The van der Waals surface area contributed by atoms with Crippen molar-refractivity contribution in [1.82, 2.24) is 5.32 Å². The zero-order valence-corrected chi connectivity index (χ0v) is 10.6. The van der Waals surface area contributed by atoms with E-state index < -0.39 is 0 Å². The summed E-state index contributed by atoms with van der Waals surface area (Å²) in [6.45, 7) is 4.41. The van der Waals surface area contributed by atoms with Crippen LogP contribution in [0.1, 0.15) is 23.6 Å². The average molecular weight is 235 g/mol. The summed E-state index contributed by atoms with van der Waals surface area (Å²) in [6, 6.07) is 8.70. The molecule has 1 aliphatic rings. The van der Waals surface area contributed by atoms with E-state index >= 15 is 0 Å². The number of likely N-dealkylation sites (N-methyl/N-ethyl adjacent to an activating group) is 1. The average Bonchev–Trinajstić information content (AvgIpc) is 2.85. The van der Waals surface area contributed by atoms with E-state index in [1.54, 1.807) is 0 Å². The number of hydrogen-bond donors (Lipinski definition) is 1. The molecule has 0 radical (unpaired) electrons. The molecular formula is C14H21NO2. The topological polar surface area (TPSA) is 30.5 Å². The lowest BCUT2D eigenvalue weighted by Gasteiger charge is -2.20. The fourth-order valence-electron chi connectivity index (χ4n) is 2.18. The van der Waals surface area contributed by atoms with Crippen molar-refractivity contribution in [3.8, 4) is 0 Å². The smallest absolute Gasteiger partial charge is 0.0831 e. The van der Waals surface area contributed by atoms with Crippen molar-refractivity contribution in [2.75, 3.05) is 26.9 Å². The molecule has 94 valence electrons. The maximum Gasteiger partial charge on any atom is 0.0831 e. The number of rotatable bonds is 5. The largest absolute Gasteiger partial charge is 0.379 e. The van der Waals surface area contributed by atoms with Gasteiger partial charge in [-0.3, -0.25) is 0 Å². The highest BCUT2D eigenvalue weighted by molar-refractivity contribution is 5.28. The summed E-state index contributed by atoms with van der Waals surface area (Å²) in [4.78, 5) is 0. The minimum absolute atomic E-state index is 0.261. The number of benzene rings is 1. The van der Waals surface area contributed by atoms with E-state index in [0.29, 0.717) is 6.61 Å². The maximum absolute atomic E-state index is 5.88.